The van der Waals surface area contributed by atoms with E-state index in [-0.39, 0.29) is 41.0 Å². The van der Waals surface area contributed by atoms with Crippen molar-refractivity contribution in [2.75, 3.05) is 16.8 Å². The van der Waals surface area contributed by atoms with E-state index in [2.05, 4.69) is 27.3 Å². The highest BCUT2D eigenvalue weighted by Gasteiger charge is 2.60. The summed E-state index contributed by atoms with van der Waals surface area (Å²) in [6.45, 7) is 5.40. The topological polar surface area (TPSA) is 92.8 Å². The van der Waals surface area contributed by atoms with Crippen LogP contribution in [0.4, 0.5) is 11.4 Å². The maximum Gasteiger partial charge on any atom is 0.338 e. The van der Waals surface area contributed by atoms with E-state index in [1.54, 1.807) is 12.1 Å². The van der Waals surface area contributed by atoms with Crippen LogP contribution in [0.5, 0.6) is 0 Å². The Labute approximate surface area is 211 Å². The fourth-order valence-electron chi connectivity index (χ4n) is 5.73. The second kappa shape index (κ2) is 8.75. The summed E-state index contributed by atoms with van der Waals surface area (Å²) in [6, 6.07) is 9.89. The van der Waals surface area contributed by atoms with Gasteiger partial charge in [-0.2, -0.15) is 0 Å². The molecule has 2 bridgehead atoms. The standard InChI is InChI=1S/C27H25BrN2O5/c1-13-7-17-11-20(13)23-22(17)25(32)30(26(23)33)19-6-4-5-16(10-19)27(34)35-12-21(31)29-18-8-14(2)24(28)15(3)9-18/h4-10,17,20,22-23H,11-12H2,1-3H3,(H,29,31)/t17-,20+,22+,23-/m0/s1. The molecular weight excluding hydrogens is 512 g/mol. The number of hydrogen-bond donors (Lipinski definition) is 1. The number of amides is 3. The van der Waals surface area contributed by atoms with Crippen LogP contribution in [-0.2, 0) is 19.1 Å². The summed E-state index contributed by atoms with van der Waals surface area (Å²) in [5.41, 5.74) is 4.27. The van der Waals surface area contributed by atoms with Crippen LogP contribution < -0.4 is 10.2 Å². The molecule has 0 radical (unpaired) electrons. The van der Waals surface area contributed by atoms with E-state index in [9.17, 15) is 19.2 Å². The van der Waals surface area contributed by atoms with E-state index in [1.165, 1.54) is 22.6 Å². The van der Waals surface area contributed by atoms with Crippen molar-refractivity contribution in [3.05, 3.63) is 69.2 Å². The smallest absolute Gasteiger partial charge is 0.338 e. The summed E-state index contributed by atoms with van der Waals surface area (Å²) in [5, 5.41) is 2.73. The maximum atomic E-state index is 13.2. The molecule has 8 heteroatoms. The number of imide groups is 1. The van der Waals surface area contributed by atoms with Gasteiger partial charge in [0.15, 0.2) is 6.61 Å². The molecule has 35 heavy (non-hydrogen) atoms. The van der Waals surface area contributed by atoms with Crippen molar-refractivity contribution in [2.24, 2.45) is 23.7 Å². The van der Waals surface area contributed by atoms with Gasteiger partial charge >= 0.3 is 5.97 Å². The summed E-state index contributed by atoms with van der Waals surface area (Å²) in [6.07, 6.45) is 2.98. The van der Waals surface area contributed by atoms with Gasteiger partial charge in [-0.15, -0.1) is 0 Å². The third-order valence-corrected chi connectivity index (χ3v) is 8.53. The number of nitrogens with one attached hydrogen (secondary N) is 1. The number of ether oxygens (including phenoxy) is 1. The Kier molecular flexibility index (Phi) is 5.87. The number of benzene rings is 2. The first kappa shape index (κ1) is 23.5. The number of allylic oxidation sites excluding steroid dienone is 2. The molecular formula is C27H25BrN2O5. The predicted octanol–water partition coefficient (Wildman–Crippen LogP) is 4.56. The van der Waals surface area contributed by atoms with Gasteiger partial charge < -0.3 is 10.1 Å². The lowest BCUT2D eigenvalue weighted by Crippen LogP contribution is -2.33. The number of carbonyl (C=O) groups excluding carboxylic acids is 4. The van der Waals surface area contributed by atoms with Crippen molar-refractivity contribution >= 4 is 51.0 Å². The van der Waals surface area contributed by atoms with E-state index in [4.69, 9.17) is 4.74 Å². The van der Waals surface area contributed by atoms with E-state index >= 15 is 0 Å². The molecule has 2 fully saturated rings. The third-order valence-electron chi connectivity index (χ3n) is 7.28. The Hall–Kier alpha value is -3.26. The Bertz CT molecular complexity index is 1290. The Morgan fingerprint density at radius 3 is 2.46 bits per heavy atom. The van der Waals surface area contributed by atoms with Crippen molar-refractivity contribution < 1.29 is 23.9 Å². The van der Waals surface area contributed by atoms with E-state index in [0.29, 0.717) is 11.4 Å². The molecule has 1 saturated carbocycles. The minimum atomic E-state index is -0.706. The van der Waals surface area contributed by atoms with Crippen molar-refractivity contribution in [1.29, 1.82) is 0 Å². The molecule has 5 rings (SSSR count). The van der Waals surface area contributed by atoms with Crippen LogP contribution in [0, 0.1) is 37.5 Å². The average Bonchev–Trinajstić information content (AvgIpc) is 3.46. The minimum Gasteiger partial charge on any atom is -0.452 e. The summed E-state index contributed by atoms with van der Waals surface area (Å²) < 4.78 is 6.17. The lowest BCUT2D eigenvalue weighted by atomic mass is 9.82. The van der Waals surface area contributed by atoms with Crippen LogP contribution in [0.25, 0.3) is 0 Å². The maximum absolute atomic E-state index is 13.2. The predicted molar refractivity (Wildman–Crippen MR) is 134 cm³/mol. The SMILES string of the molecule is CC1=C[C@H]2C[C@H]1[C@@H]1C(=O)N(c3cccc(C(=O)OCC(=O)Nc4cc(C)c(Br)c(C)c4)c3)C(=O)[C@@H]12. The van der Waals surface area contributed by atoms with Crippen molar-refractivity contribution in [3.8, 4) is 0 Å². The molecule has 1 saturated heterocycles. The van der Waals surface area contributed by atoms with Crippen LogP contribution in [0.3, 0.4) is 0 Å². The van der Waals surface area contributed by atoms with Gasteiger partial charge in [-0.25, -0.2) is 9.69 Å². The van der Waals surface area contributed by atoms with Gasteiger partial charge in [0.2, 0.25) is 11.8 Å². The van der Waals surface area contributed by atoms with Crippen LogP contribution in [0.15, 0.2) is 52.5 Å². The molecule has 1 N–H and O–H groups in total. The zero-order valence-electron chi connectivity index (χ0n) is 19.6. The van der Waals surface area contributed by atoms with E-state index < -0.39 is 18.5 Å². The first-order valence-corrected chi connectivity index (χ1v) is 12.3. The number of esters is 1. The minimum absolute atomic E-state index is 0.108. The number of nitrogens with zero attached hydrogens (tertiary/aromatic N) is 1. The van der Waals surface area contributed by atoms with Gasteiger partial charge in [0, 0.05) is 10.2 Å². The Balaban J connectivity index is 1.25. The highest BCUT2D eigenvalue weighted by Crippen LogP contribution is 2.55. The number of halogens is 1. The van der Waals surface area contributed by atoms with Crippen LogP contribution in [0.1, 0.15) is 34.8 Å². The largest absolute Gasteiger partial charge is 0.452 e. The van der Waals surface area contributed by atoms with Crippen molar-refractivity contribution in [3.63, 3.8) is 0 Å². The lowest BCUT2D eigenvalue weighted by molar-refractivity contribution is -0.123. The number of fused-ring (bicyclic) bond motifs is 5. The molecule has 180 valence electrons. The van der Waals surface area contributed by atoms with Gasteiger partial charge in [-0.05, 0) is 80.5 Å². The first-order chi connectivity index (χ1) is 16.7. The highest BCUT2D eigenvalue weighted by molar-refractivity contribution is 9.10. The van der Waals surface area contributed by atoms with Crippen LogP contribution in [-0.4, -0.2) is 30.3 Å². The summed E-state index contributed by atoms with van der Waals surface area (Å²) in [4.78, 5) is 52.5. The molecule has 0 spiro atoms. The number of rotatable bonds is 5. The molecule has 4 atom stereocenters. The Morgan fingerprint density at radius 1 is 1.06 bits per heavy atom. The zero-order chi connectivity index (χ0) is 25.0. The van der Waals surface area contributed by atoms with Crippen molar-refractivity contribution in [1.82, 2.24) is 0 Å². The highest BCUT2D eigenvalue weighted by atomic mass is 79.9. The second-order valence-corrected chi connectivity index (χ2v) is 10.4. The molecule has 3 aliphatic rings. The molecule has 2 aliphatic carbocycles. The molecule has 7 nitrogen and oxygen atoms in total. The fourth-order valence-corrected chi connectivity index (χ4v) is 5.96. The summed E-state index contributed by atoms with van der Waals surface area (Å²) in [5.74, 6) is -1.99. The van der Waals surface area contributed by atoms with E-state index in [0.717, 1.165) is 22.0 Å². The number of aryl methyl sites for hydroxylation is 2. The van der Waals surface area contributed by atoms with Crippen molar-refractivity contribution in [2.45, 2.75) is 27.2 Å². The average molecular weight is 537 g/mol. The third kappa shape index (κ3) is 3.99. The van der Waals surface area contributed by atoms with Crippen LogP contribution >= 0.6 is 15.9 Å². The summed E-state index contributed by atoms with van der Waals surface area (Å²) >= 11 is 3.49. The van der Waals surface area contributed by atoms with Gasteiger partial charge in [-0.1, -0.05) is 33.6 Å². The molecule has 3 amide bonds. The lowest BCUT2D eigenvalue weighted by Gasteiger charge is -2.19. The van der Waals surface area contributed by atoms with Gasteiger partial charge in [-0.3, -0.25) is 14.4 Å². The monoisotopic (exact) mass is 536 g/mol. The Morgan fingerprint density at radius 2 is 1.74 bits per heavy atom. The first-order valence-electron chi connectivity index (χ1n) is 11.6. The quantitative estimate of drug-likeness (QED) is 0.343. The molecule has 0 aromatic heterocycles. The zero-order valence-corrected chi connectivity index (χ0v) is 21.2. The molecule has 1 aliphatic heterocycles. The molecule has 1 heterocycles. The molecule has 2 aromatic carbocycles. The van der Waals surface area contributed by atoms with Gasteiger partial charge in [0.05, 0.1) is 23.1 Å². The number of hydrogen-bond acceptors (Lipinski definition) is 5. The molecule has 0 unspecified atom stereocenters. The van der Waals surface area contributed by atoms with Crippen LogP contribution in [0.2, 0.25) is 0 Å². The second-order valence-electron chi connectivity index (χ2n) is 9.58. The van der Waals surface area contributed by atoms with Gasteiger partial charge in [0.25, 0.3) is 5.91 Å². The number of carbonyl (C=O) groups is 4. The number of anilines is 2. The van der Waals surface area contributed by atoms with E-state index in [1.807, 2.05) is 32.9 Å². The fraction of sp³-hybridized carbons (Fsp3) is 0.333. The molecule has 2 aromatic rings. The summed E-state index contributed by atoms with van der Waals surface area (Å²) in [7, 11) is 0. The van der Waals surface area contributed by atoms with Gasteiger partial charge in [0.1, 0.15) is 0 Å². The normalized spacial score (nSPS) is 24.5.